The van der Waals surface area contributed by atoms with Crippen molar-refractivity contribution in [1.29, 1.82) is 5.26 Å². The molecule has 1 aromatic rings. The van der Waals surface area contributed by atoms with Crippen molar-refractivity contribution in [3.63, 3.8) is 0 Å². The zero-order chi connectivity index (χ0) is 13.0. The Bertz CT molecular complexity index is 491. The Kier molecular flexibility index (Phi) is 5.81. The Morgan fingerprint density at radius 1 is 1.42 bits per heavy atom. The molecule has 0 bridgehead atoms. The lowest BCUT2D eigenvalue weighted by Gasteiger charge is -2.14. The molecule has 4 nitrogen and oxygen atoms in total. The molecule has 1 aliphatic carbocycles. The van der Waals surface area contributed by atoms with Gasteiger partial charge in [-0.2, -0.15) is 5.26 Å². The molecule has 2 N–H and O–H groups in total. The van der Waals surface area contributed by atoms with Gasteiger partial charge in [0.25, 0.3) is 0 Å². The molecule has 5 heteroatoms. The molecular formula is C14H17ClN2O2. The minimum absolute atomic E-state index is 0. The molecule has 102 valence electrons. The van der Waals surface area contributed by atoms with Gasteiger partial charge >= 0.3 is 0 Å². The molecule has 0 aliphatic heterocycles. The molecule has 0 saturated heterocycles. The van der Waals surface area contributed by atoms with Gasteiger partial charge in [-0.1, -0.05) is 0 Å². The molecule has 0 spiro atoms. The number of Topliss-reactive ketones (excluding diaryl/α,β-unsaturated/α-hetero) is 1. The summed E-state index contributed by atoms with van der Waals surface area (Å²) in [5, 5.41) is 9.10. The lowest BCUT2D eigenvalue weighted by molar-refractivity contribution is 0.100. The quantitative estimate of drug-likeness (QED) is 0.860. The first-order valence-electron chi connectivity index (χ1n) is 6.18. The van der Waals surface area contributed by atoms with Crippen LogP contribution in [0.4, 0.5) is 0 Å². The van der Waals surface area contributed by atoms with Crippen LogP contribution in [0.2, 0.25) is 0 Å². The summed E-state index contributed by atoms with van der Waals surface area (Å²) in [5.74, 6) is 0.400. The van der Waals surface area contributed by atoms with Crippen LogP contribution in [0.25, 0.3) is 0 Å². The number of hydrogen-bond acceptors (Lipinski definition) is 4. The highest BCUT2D eigenvalue weighted by atomic mass is 35.5. The first kappa shape index (κ1) is 15.5. The van der Waals surface area contributed by atoms with Crippen LogP contribution in [0.1, 0.15) is 41.6 Å². The third kappa shape index (κ3) is 3.69. The maximum absolute atomic E-state index is 11.5. The third-order valence-corrected chi connectivity index (χ3v) is 3.20. The number of hydrogen-bond donors (Lipinski definition) is 1. The van der Waals surface area contributed by atoms with E-state index in [1.54, 1.807) is 18.2 Å². The largest absolute Gasteiger partial charge is 0.489 e. The number of nitrogens with two attached hydrogens (primary N) is 1. The van der Waals surface area contributed by atoms with E-state index in [0.29, 0.717) is 16.9 Å². The summed E-state index contributed by atoms with van der Waals surface area (Å²) < 4.78 is 5.80. The number of rotatable bonds is 4. The van der Waals surface area contributed by atoms with Gasteiger partial charge in [-0.05, 0) is 43.9 Å². The number of nitrogens with zero attached hydrogens (tertiary/aromatic N) is 1. The first-order chi connectivity index (χ1) is 8.74. The smallest absolute Gasteiger partial charge is 0.176 e. The van der Waals surface area contributed by atoms with E-state index >= 15 is 0 Å². The molecule has 2 rings (SSSR count). The summed E-state index contributed by atoms with van der Waals surface area (Å²) in [6.07, 6.45) is 4.63. The molecule has 1 fully saturated rings. The van der Waals surface area contributed by atoms with E-state index in [0.717, 1.165) is 12.8 Å². The van der Waals surface area contributed by atoms with E-state index in [9.17, 15) is 4.79 Å². The highest BCUT2D eigenvalue weighted by Gasteiger charge is 2.18. The molecule has 1 aromatic carbocycles. The van der Waals surface area contributed by atoms with Gasteiger partial charge in [-0.15, -0.1) is 12.4 Å². The average Bonchev–Trinajstić information content (AvgIpc) is 2.91. The summed E-state index contributed by atoms with van der Waals surface area (Å²) in [6.45, 7) is -0.0479. The first-order valence-corrected chi connectivity index (χ1v) is 6.18. The highest BCUT2D eigenvalue weighted by molar-refractivity contribution is 5.98. The summed E-state index contributed by atoms with van der Waals surface area (Å²) >= 11 is 0. The Morgan fingerprint density at radius 3 is 2.68 bits per heavy atom. The van der Waals surface area contributed by atoms with E-state index < -0.39 is 0 Å². The van der Waals surface area contributed by atoms with E-state index in [1.807, 2.05) is 0 Å². The average molecular weight is 281 g/mol. The summed E-state index contributed by atoms with van der Waals surface area (Å²) in [7, 11) is 0. The van der Waals surface area contributed by atoms with E-state index in [4.69, 9.17) is 15.7 Å². The fraction of sp³-hybridized carbons (Fsp3) is 0.429. The normalized spacial score (nSPS) is 14.5. The number of benzene rings is 1. The van der Waals surface area contributed by atoms with Crippen LogP contribution in [0, 0.1) is 11.3 Å². The SMILES string of the molecule is Cl.N#Cc1cc(C(=O)CN)ccc1OC1CCCC1. The monoisotopic (exact) mass is 280 g/mol. The van der Waals surface area contributed by atoms with Crippen LogP contribution < -0.4 is 10.5 Å². The van der Waals surface area contributed by atoms with Crippen molar-refractivity contribution >= 4 is 18.2 Å². The molecule has 19 heavy (non-hydrogen) atoms. The minimum Gasteiger partial charge on any atom is -0.489 e. The van der Waals surface area contributed by atoms with Crippen LogP contribution >= 0.6 is 12.4 Å². The van der Waals surface area contributed by atoms with Crippen molar-refractivity contribution < 1.29 is 9.53 Å². The molecule has 0 aromatic heterocycles. The Morgan fingerprint density at radius 2 is 2.11 bits per heavy atom. The Labute approximate surface area is 119 Å². The van der Waals surface area contributed by atoms with Gasteiger partial charge in [0.2, 0.25) is 0 Å². The molecule has 1 aliphatic rings. The molecule has 0 unspecified atom stereocenters. The van der Waals surface area contributed by atoms with E-state index in [2.05, 4.69) is 6.07 Å². The van der Waals surface area contributed by atoms with Crippen molar-refractivity contribution in [2.75, 3.05) is 6.54 Å². The van der Waals surface area contributed by atoms with Gasteiger partial charge < -0.3 is 10.5 Å². The fourth-order valence-corrected chi connectivity index (χ4v) is 2.20. The summed E-state index contributed by atoms with van der Waals surface area (Å²) in [5.41, 5.74) is 6.17. The standard InChI is InChI=1S/C14H16N2O2.ClH/c15-8-11-7-10(13(17)9-16)5-6-14(11)18-12-3-1-2-4-12;/h5-7,12H,1-4,9,16H2;1H. The number of carbonyl (C=O) groups excluding carboxylic acids is 1. The number of ether oxygens (including phenoxy) is 1. The molecule has 1 saturated carbocycles. The second-order valence-corrected chi connectivity index (χ2v) is 4.47. The van der Waals surface area contributed by atoms with Gasteiger partial charge in [-0.25, -0.2) is 0 Å². The van der Waals surface area contributed by atoms with Crippen molar-refractivity contribution in [2.24, 2.45) is 5.73 Å². The maximum Gasteiger partial charge on any atom is 0.176 e. The zero-order valence-corrected chi connectivity index (χ0v) is 11.4. The fourth-order valence-electron chi connectivity index (χ4n) is 2.20. The van der Waals surface area contributed by atoms with Crippen molar-refractivity contribution in [3.05, 3.63) is 29.3 Å². The molecule has 0 radical (unpaired) electrons. The van der Waals surface area contributed by atoms with E-state index in [-0.39, 0.29) is 30.8 Å². The number of halogens is 1. The predicted octanol–water partition coefficient (Wildman–Crippen LogP) is 2.44. The van der Waals surface area contributed by atoms with Crippen LogP contribution in [0.5, 0.6) is 5.75 Å². The van der Waals surface area contributed by atoms with Gasteiger partial charge in [0, 0.05) is 5.56 Å². The second kappa shape index (κ2) is 7.13. The van der Waals surface area contributed by atoms with Crippen molar-refractivity contribution in [2.45, 2.75) is 31.8 Å². The van der Waals surface area contributed by atoms with Gasteiger partial charge in [-0.3, -0.25) is 4.79 Å². The van der Waals surface area contributed by atoms with Gasteiger partial charge in [0.15, 0.2) is 5.78 Å². The number of carbonyl (C=O) groups is 1. The lowest BCUT2D eigenvalue weighted by atomic mass is 10.1. The second-order valence-electron chi connectivity index (χ2n) is 4.47. The molecule has 0 atom stereocenters. The Balaban J connectivity index is 0.00000180. The third-order valence-electron chi connectivity index (χ3n) is 3.20. The van der Waals surface area contributed by atoms with Crippen LogP contribution in [0.3, 0.4) is 0 Å². The van der Waals surface area contributed by atoms with Crippen molar-refractivity contribution in [1.82, 2.24) is 0 Å². The zero-order valence-electron chi connectivity index (χ0n) is 10.6. The van der Waals surface area contributed by atoms with Crippen LogP contribution in [0.15, 0.2) is 18.2 Å². The van der Waals surface area contributed by atoms with Gasteiger partial charge in [0.05, 0.1) is 18.2 Å². The number of ketones is 1. The van der Waals surface area contributed by atoms with Crippen LogP contribution in [-0.4, -0.2) is 18.4 Å². The highest BCUT2D eigenvalue weighted by Crippen LogP contribution is 2.27. The molecule has 0 heterocycles. The van der Waals surface area contributed by atoms with Gasteiger partial charge in [0.1, 0.15) is 11.8 Å². The molecule has 0 amide bonds. The predicted molar refractivity (Wildman–Crippen MR) is 74.7 cm³/mol. The van der Waals surface area contributed by atoms with Crippen molar-refractivity contribution in [3.8, 4) is 11.8 Å². The summed E-state index contributed by atoms with van der Waals surface area (Å²) in [6, 6.07) is 6.99. The minimum atomic E-state index is -0.168. The summed E-state index contributed by atoms with van der Waals surface area (Å²) in [4.78, 5) is 11.5. The topological polar surface area (TPSA) is 76.1 Å². The lowest BCUT2D eigenvalue weighted by Crippen LogP contribution is -2.15. The number of nitriles is 1. The maximum atomic E-state index is 11.5. The molecular weight excluding hydrogens is 264 g/mol. The van der Waals surface area contributed by atoms with E-state index in [1.165, 1.54) is 12.8 Å². The van der Waals surface area contributed by atoms with Crippen LogP contribution in [-0.2, 0) is 0 Å². The Hall–Kier alpha value is -1.57.